The van der Waals surface area contributed by atoms with Crippen molar-refractivity contribution >= 4 is 43.1 Å². The summed E-state index contributed by atoms with van der Waals surface area (Å²) in [7, 11) is 0. The van der Waals surface area contributed by atoms with Gasteiger partial charge >= 0.3 is 0 Å². The van der Waals surface area contributed by atoms with Crippen molar-refractivity contribution < 1.29 is 0 Å². The van der Waals surface area contributed by atoms with Crippen molar-refractivity contribution in [1.29, 1.82) is 5.26 Å². The maximum atomic E-state index is 10.2. The minimum Gasteiger partial charge on any atom is -0.208 e. The Morgan fingerprint density at radius 3 is 1.38 bits per heavy atom. The molecular weight excluding hydrogens is 801 g/mol. The molecular formula is C62H38N4. The Bertz CT molecular complexity index is 3890. The van der Waals surface area contributed by atoms with E-state index in [9.17, 15) is 5.26 Å². The smallest absolute Gasteiger partial charge is 0.164 e. The van der Waals surface area contributed by atoms with Gasteiger partial charge in [-0.3, -0.25) is 0 Å². The van der Waals surface area contributed by atoms with Crippen LogP contribution < -0.4 is 0 Å². The zero-order chi connectivity index (χ0) is 44.0. The molecule has 11 aromatic carbocycles. The SMILES string of the molecule is N#Cc1ccc(-c2ccc(-c3nc(-c4ccccc4)nc(-c4ccc5ccc6ccccc6c5c4)n3)cc2)c(-c2ccccc2-c2ccccc2-c2ccc3c(ccc4ccccc43)c2)c1. The maximum Gasteiger partial charge on any atom is 0.164 e. The lowest BCUT2D eigenvalue weighted by molar-refractivity contribution is 1.07. The second kappa shape index (κ2) is 16.3. The Labute approximate surface area is 382 Å². The van der Waals surface area contributed by atoms with Gasteiger partial charge in [0.15, 0.2) is 17.5 Å². The van der Waals surface area contributed by atoms with Gasteiger partial charge in [-0.05, 0) is 112 Å². The molecule has 0 bridgehead atoms. The van der Waals surface area contributed by atoms with Gasteiger partial charge in [0.25, 0.3) is 0 Å². The molecule has 66 heavy (non-hydrogen) atoms. The summed E-state index contributed by atoms with van der Waals surface area (Å²) in [5.74, 6) is 1.81. The van der Waals surface area contributed by atoms with E-state index in [1.807, 2.05) is 42.5 Å². The number of benzene rings is 11. The Balaban J connectivity index is 0.948. The van der Waals surface area contributed by atoms with Crippen molar-refractivity contribution in [3.8, 4) is 84.7 Å². The van der Waals surface area contributed by atoms with Crippen molar-refractivity contribution in [3.05, 3.63) is 236 Å². The first-order valence-corrected chi connectivity index (χ1v) is 22.1. The first-order valence-electron chi connectivity index (χ1n) is 22.1. The monoisotopic (exact) mass is 838 g/mol. The van der Waals surface area contributed by atoms with Crippen LogP contribution >= 0.6 is 0 Å². The summed E-state index contributed by atoms with van der Waals surface area (Å²) in [4.78, 5) is 15.2. The van der Waals surface area contributed by atoms with E-state index < -0.39 is 0 Å². The second-order valence-corrected chi connectivity index (χ2v) is 16.7. The predicted octanol–water partition coefficient (Wildman–Crippen LogP) is 16.0. The Morgan fingerprint density at radius 1 is 0.258 bits per heavy atom. The molecule has 0 amide bonds. The van der Waals surface area contributed by atoms with Crippen LogP contribution in [0, 0.1) is 11.3 Å². The fraction of sp³-hybridized carbons (Fsp3) is 0. The van der Waals surface area contributed by atoms with Crippen LogP contribution in [0.2, 0.25) is 0 Å². The van der Waals surface area contributed by atoms with Crippen LogP contribution in [-0.4, -0.2) is 15.0 Å². The highest BCUT2D eigenvalue weighted by Gasteiger charge is 2.18. The van der Waals surface area contributed by atoms with Gasteiger partial charge in [0.2, 0.25) is 0 Å². The van der Waals surface area contributed by atoms with Gasteiger partial charge in [-0.1, -0.05) is 206 Å². The van der Waals surface area contributed by atoms with Gasteiger partial charge in [0.05, 0.1) is 11.6 Å². The molecule has 0 atom stereocenters. The van der Waals surface area contributed by atoms with Crippen LogP contribution in [0.4, 0.5) is 0 Å². The van der Waals surface area contributed by atoms with E-state index in [4.69, 9.17) is 15.0 Å². The summed E-state index contributed by atoms with van der Waals surface area (Å²) < 4.78 is 0. The molecule has 4 nitrogen and oxygen atoms in total. The molecule has 1 aromatic heterocycles. The fourth-order valence-corrected chi connectivity index (χ4v) is 9.48. The molecule has 0 aliphatic carbocycles. The molecule has 0 radical (unpaired) electrons. The molecule has 12 rings (SSSR count). The van der Waals surface area contributed by atoms with Crippen molar-refractivity contribution in [2.75, 3.05) is 0 Å². The summed E-state index contributed by atoms with van der Waals surface area (Å²) in [5.41, 5.74) is 11.9. The standard InChI is InChI=1S/C62H38N4/c63-39-40-22-34-53(59(36-40)57-21-11-10-20-56(57)55-19-9-8-18-52(55)48-33-35-54-47(37-48)31-27-41-12-4-6-16-50(41)54)43-25-29-46(30-26-43)61-64-60(45-14-2-1-3-15-45)65-62(66-61)49-32-28-44-24-23-42-13-5-7-17-51(42)58(44)38-49/h1-38H. The Hall–Kier alpha value is -9.04. The Kier molecular flexibility index (Phi) is 9.51. The molecule has 306 valence electrons. The summed E-state index contributed by atoms with van der Waals surface area (Å²) in [5, 5.41) is 19.8. The zero-order valence-corrected chi connectivity index (χ0v) is 35.7. The van der Waals surface area contributed by atoms with E-state index in [2.05, 4.69) is 194 Å². The van der Waals surface area contributed by atoms with E-state index >= 15 is 0 Å². The van der Waals surface area contributed by atoms with Crippen LogP contribution in [-0.2, 0) is 0 Å². The van der Waals surface area contributed by atoms with Crippen molar-refractivity contribution in [2.45, 2.75) is 0 Å². The lowest BCUT2D eigenvalue weighted by atomic mass is 9.85. The maximum absolute atomic E-state index is 10.2. The van der Waals surface area contributed by atoms with Gasteiger partial charge in [0.1, 0.15) is 0 Å². The summed E-state index contributed by atoms with van der Waals surface area (Å²) in [6.45, 7) is 0. The average Bonchev–Trinajstić information content (AvgIpc) is 3.40. The lowest BCUT2D eigenvalue weighted by Gasteiger charge is -2.18. The zero-order valence-electron chi connectivity index (χ0n) is 35.7. The molecule has 0 saturated carbocycles. The number of aromatic nitrogens is 3. The van der Waals surface area contributed by atoms with Crippen molar-refractivity contribution in [2.24, 2.45) is 0 Å². The minimum absolute atomic E-state index is 0.590. The largest absolute Gasteiger partial charge is 0.208 e. The van der Waals surface area contributed by atoms with Crippen molar-refractivity contribution in [1.82, 2.24) is 15.0 Å². The molecule has 0 saturated heterocycles. The minimum atomic E-state index is 0.590. The highest BCUT2D eigenvalue weighted by Crippen LogP contribution is 2.43. The van der Waals surface area contributed by atoms with Crippen molar-refractivity contribution in [3.63, 3.8) is 0 Å². The number of hydrogen-bond acceptors (Lipinski definition) is 4. The van der Waals surface area contributed by atoms with E-state index in [-0.39, 0.29) is 0 Å². The first kappa shape index (κ1) is 38.6. The van der Waals surface area contributed by atoms with Crippen LogP contribution in [0.15, 0.2) is 231 Å². The van der Waals surface area contributed by atoms with Gasteiger partial charge in [0, 0.05) is 16.7 Å². The average molecular weight is 839 g/mol. The van der Waals surface area contributed by atoms with Crippen LogP contribution in [0.3, 0.4) is 0 Å². The van der Waals surface area contributed by atoms with Gasteiger partial charge < -0.3 is 0 Å². The molecule has 1 heterocycles. The van der Waals surface area contributed by atoms with Crippen LogP contribution in [0.5, 0.6) is 0 Å². The third-order valence-corrected chi connectivity index (χ3v) is 12.8. The molecule has 0 aliphatic rings. The molecule has 0 N–H and O–H groups in total. The first-order chi connectivity index (χ1) is 32.6. The third kappa shape index (κ3) is 6.93. The molecule has 12 aromatic rings. The van der Waals surface area contributed by atoms with Gasteiger partial charge in [-0.15, -0.1) is 0 Å². The van der Waals surface area contributed by atoms with Crippen LogP contribution in [0.25, 0.3) is 122 Å². The van der Waals surface area contributed by atoms with Gasteiger partial charge in [-0.2, -0.15) is 5.26 Å². The lowest BCUT2D eigenvalue weighted by Crippen LogP contribution is -2.00. The third-order valence-electron chi connectivity index (χ3n) is 12.8. The van der Waals surface area contributed by atoms with E-state index in [1.54, 1.807) is 0 Å². The molecule has 0 fully saturated rings. The topological polar surface area (TPSA) is 62.5 Å². The van der Waals surface area contributed by atoms with E-state index in [0.717, 1.165) is 66.6 Å². The number of nitrogens with zero attached hydrogens (tertiary/aromatic N) is 4. The van der Waals surface area contributed by atoms with E-state index in [0.29, 0.717) is 23.0 Å². The normalized spacial score (nSPS) is 11.3. The summed E-state index contributed by atoms with van der Waals surface area (Å²) in [6.07, 6.45) is 0. The molecule has 4 heteroatoms. The quantitative estimate of drug-likeness (QED) is 0.150. The highest BCUT2D eigenvalue weighted by molar-refractivity contribution is 6.10. The number of hydrogen-bond donors (Lipinski definition) is 0. The van der Waals surface area contributed by atoms with E-state index in [1.165, 1.54) is 37.7 Å². The highest BCUT2D eigenvalue weighted by atomic mass is 15.0. The number of fused-ring (bicyclic) bond motifs is 6. The summed E-state index contributed by atoms with van der Waals surface area (Å²) >= 11 is 0. The molecule has 0 aliphatic heterocycles. The van der Waals surface area contributed by atoms with Crippen LogP contribution in [0.1, 0.15) is 5.56 Å². The predicted molar refractivity (Wildman–Crippen MR) is 273 cm³/mol. The fourth-order valence-electron chi connectivity index (χ4n) is 9.48. The summed E-state index contributed by atoms with van der Waals surface area (Å²) in [6, 6.07) is 83.1. The number of rotatable bonds is 7. The second-order valence-electron chi connectivity index (χ2n) is 16.7. The number of nitriles is 1. The van der Waals surface area contributed by atoms with Gasteiger partial charge in [-0.25, -0.2) is 15.0 Å². The molecule has 0 spiro atoms. The Morgan fingerprint density at radius 2 is 0.697 bits per heavy atom. The molecule has 0 unspecified atom stereocenters.